The minimum absolute atomic E-state index is 0.0857. The van der Waals surface area contributed by atoms with Crippen LogP contribution in [0.25, 0.3) is 0 Å². The molecule has 0 spiro atoms. The number of hydrogen-bond donors (Lipinski definition) is 1. The molecule has 1 N–H and O–H groups in total. The van der Waals surface area contributed by atoms with Crippen LogP contribution in [0.2, 0.25) is 0 Å². The van der Waals surface area contributed by atoms with Crippen molar-refractivity contribution >= 4 is 5.91 Å². The van der Waals surface area contributed by atoms with Crippen LogP contribution in [0, 0.1) is 11.8 Å². The van der Waals surface area contributed by atoms with Gasteiger partial charge in [0.2, 0.25) is 5.91 Å². The lowest BCUT2D eigenvalue weighted by molar-refractivity contribution is -0.131. The molecule has 0 bridgehead atoms. The summed E-state index contributed by atoms with van der Waals surface area (Å²) in [5.41, 5.74) is 0. The van der Waals surface area contributed by atoms with Gasteiger partial charge in [-0.2, -0.15) is 0 Å². The van der Waals surface area contributed by atoms with Gasteiger partial charge in [-0.3, -0.25) is 4.79 Å². The number of nitrogens with zero attached hydrogens (tertiary/aromatic N) is 1. The van der Waals surface area contributed by atoms with E-state index in [9.17, 15) is 4.79 Å². The molecule has 18 heavy (non-hydrogen) atoms. The molecule has 0 aliphatic rings. The molecule has 1 amide bonds. The van der Waals surface area contributed by atoms with E-state index in [1.165, 1.54) is 0 Å². The third-order valence-electron chi connectivity index (χ3n) is 3.22. The number of rotatable bonds is 8. The molecule has 0 aromatic carbocycles. The van der Waals surface area contributed by atoms with E-state index in [0.717, 1.165) is 19.4 Å². The van der Waals surface area contributed by atoms with Gasteiger partial charge in [-0.05, 0) is 38.5 Å². The van der Waals surface area contributed by atoms with Gasteiger partial charge < -0.3 is 10.2 Å². The largest absolute Gasteiger partial charge is 0.345 e. The molecule has 0 aromatic rings. The average Bonchev–Trinajstić information content (AvgIpc) is 2.24. The lowest BCUT2D eigenvalue weighted by atomic mass is 9.95. The number of carbonyl (C=O) groups excluding carboxylic acids is 1. The van der Waals surface area contributed by atoms with Crippen LogP contribution in [-0.2, 0) is 4.79 Å². The fourth-order valence-electron chi connectivity index (χ4n) is 2.28. The molecule has 0 aromatic heterocycles. The van der Waals surface area contributed by atoms with Crippen molar-refractivity contribution < 1.29 is 4.79 Å². The van der Waals surface area contributed by atoms with Gasteiger partial charge in [0, 0.05) is 19.6 Å². The van der Waals surface area contributed by atoms with Gasteiger partial charge in [-0.15, -0.1) is 0 Å². The van der Waals surface area contributed by atoms with Gasteiger partial charge in [0.05, 0.1) is 6.04 Å². The lowest BCUT2D eigenvalue weighted by Crippen LogP contribution is -2.47. The van der Waals surface area contributed by atoms with Crippen LogP contribution in [0.4, 0.5) is 0 Å². The minimum atomic E-state index is -0.0857. The summed E-state index contributed by atoms with van der Waals surface area (Å²) in [6.45, 7) is 13.7. The van der Waals surface area contributed by atoms with Crippen LogP contribution < -0.4 is 5.32 Å². The molecule has 3 heteroatoms. The zero-order valence-corrected chi connectivity index (χ0v) is 13.3. The van der Waals surface area contributed by atoms with Crippen molar-refractivity contribution in [3.8, 4) is 0 Å². The number of carbonyl (C=O) groups is 1. The Kier molecular flexibility index (Phi) is 8.25. The van der Waals surface area contributed by atoms with Crippen molar-refractivity contribution in [1.29, 1.82) is 0 Å². The molecule has 0 aliphatic carbocycles. The fraction of sp³-hybridized carbons (Fsp3) is 0.933. The molecule has 0 aliphatic heterocycles. The standard InChI is InChI=1S/C15H32N2O/c1-8-17(7)15(18)13(6)16-14(9-11(2)3)10-12(4)5/h11-14,16H,8-10H2,1-7H3. The molecule has 0 saturated carbocycles. The SMILES string of the molecule is CCN(C)C(=O)C(C)NC(CC(C)C)CC(C)C. The summed E-state index contributed by atoms with van der Waals surface area (Å²) in [5, 5.41) is 3.50. The Morgan fingerprint density at radius 1 is 1.06 bits per heavy atom. The summed E-state index contributed by atoms with van der Waals surface area (Å²) >= 11 is 0. The first-order chi connectivity index (χ1) is 8.27. The van der Waals surface area contributed by atoms with Crippen LogP contribution in [-0.4, -0.2) is 36.5 Å². The number of likely N-dealkylation sites (N-methyl/N-ethyl adjacent to an activating group) is 1. The lowest BCUT2D eigenvalue weighted by Gasteiger charge is -2.28. The summed E-state index contributed by atoms with van der Waals surface area (Å²) in [4.78, 5) is 13.8. The Labute approximate surface area is 113 Å². The normalized spacial score (nSPS) is 13.4. The first-order valence-electron chi connectivity index (χ1n) is 7.28. The summed E-state index contributed by atoms with van der Waals surface area (Å²) in [5.74, 6) is 1.51. The Balaban J connectivity index is 4.41. The van der Waals surface area contributed by atoms with E-state index in [1.54, 1.807) is 4.90 Å². The Bertz CT molecular complexity index is 229. The predicted octanol–water partition coefficient (Wildman–Crippen LogP) is 2.90. The molecular weight excluding hydrogens is 224 g/mol. The van der Waals surface area contributed by atoms with Gasteiger partial charge in [0.15, 0.2) is 0 Å². The minimum Gasteiger partial charge on any atom is -0.345 e. The van der Waals surface area contributed by atoms with E-state index < -0.39 is 0 Å². The second-order valence-corrected chi connectivity index (χ2v) is 6.20. The fourth-order valence-corrected chi connectivity index (χ4v) is 2.28. The Morgan fingerprint density at radius 3 is 1.83 bits per heavy atom. The zero-order valence-electron chi connectivity index (χ0n) is 13.3. The maximum absolute atomic E-state index is 12.0. The molecular formula is C15H32N2O. The van der Waals surface area contributed by atoms with Crippen LogP contribution >= 0.6 is 0 Å². The number of amides is 1. The second-order valence-electron chi connectivity index (χ2n) is 6.20. The van der Waals surface area contributed by atoms with Gasteiger partial charge in [-0.25, -0.2) is 0 Å². The van der Waals surface area contributed by atoms with E-state index in [2.05, 4.69) is 33.0 Å². The molecule has 3 nitrogen and oxygen atoms in total. The van der Waals surface area contributed by atoms with Crippen LogP contribution in [0.5, 0.6) is 0 Å². The van der Waals surface area contributed by atoms with Crippen molar-refractivity contribution in [2.24, 2.45) is 11.8 Å². The molecule has 1 atom stereocenters. The summed E-state index contributed by atoms with van der Waals surface area (Å²) in [6, 6.07) is 0.353. The smallest absolute Gasteiger partial charge is 0.239 e. The average molecular weight is 256 g/mol. The van der Waals surface area contributed by atoms with Crippen LogP contribution in [0.3, 0.4) is 0 Å². The topological polar surface area (TPSA) is 32.3 Å². The van der Waals surface area contributed by atoms with E-state index in [0.29, 0.717) is 17.9 Å². The highest BCUT2D eigenvalue weighted by atomic mass is 16.2. The van der Waals surface area contributed by atoms with Crippen LogP contribution in [0.15, 0.2) is 0 Å². The summed E-state index contributed by atoms with van der Waals surface area (Å²) in [7, 11) is 1.86. The maximum atomic E-state index is 12.0. The monoisotopic (exact) mass is 256 g/mol. The Hall–Kier alpha value is -0.570. The van der Waals surface area contributed by atoms with Crippen molar-refractivity contribution in [2.75, 3.05) is 13.6 Å². The molecule has 0 rings (SSSR count). The summed E-state index contributed by atoms with van der Waals surface area (Å²) in [6.07, 6.45) is 2.26. The first-order valence-corrected chi connectivity index (χ1v) is 7.28. The van der Waals surface area contributed by atoms with Crippen molar-refractivity contribution in [1.82, 2.24) is 10.2 Å². The maximum Gasteiger partial charge on any atom is 0.239 e. The predicted molar refractivity (Wildman–Crippen MR) is 78.6 cm³/mol. The van der Waals surface area contributed by atoms with Crippen molar-refractivity contribution in [3.63, 3.8) is 0 Å². The quantitative estimate of drug-likeness (QED) is 0.724. The molecule has 0 saturated heterocycles. The molecule has 0 heterocycles. The highest BCUT2D eigenvalue weighted by Gasteiger charge is 2.21. The third kappa shape index (κ3) is 7.00. The Morgan fingerprint density at radius 2 is 1.50 bits per heavy atom. The molecule has 0 radical (unpaired) electrons. The van der Waals surface area contributed by atoms with Crippen molar-refractivity contribution in [3.05, 3.63) is 0 Å². The first kappa shape index (κ1) is 17.4. The van der Waals surface area contributed by atoms with Gasteiger partial charge in [-0.1, -0.05) is 27.7 Å². The molecule has 1 unspecified atom stereocenters. The number of hydrogen-bond acceptors (Lipinski definition) is 2. The second kappa shape index (κ2) is 8.52. The zero-order chi connectivity index (χ0) is 14.3. The van der Waals surface area contributed by atoms with Gasteiger partial charge in [0.1, 0.15) is 0 Å². The highest BCUT2D eigenvalue weighted by molar-refractivity contribution is 5.81. The molecule has 108 valence electrons. The molecule has 0 fully saturated rings. The van der Waals surface area contributed by atoms with Crippen molar-refractivity contribution in [2.45, 2.75) is 66.5 Å². The highest BCUT2D eigenvalue weighted by Crippen LogP contribution is 2.14. The van der Waals surface area contributed by atoms with Gasteiger partial charge >= 0.3 is 0 Å². The van der Waals surface area contributed by atoms with E-state index in [1.807, 2.05) is 20.9 Å². The van der Waals surface area contributed by atoms with Crippen LogP contribution in [0.1, 0.15) is 54.4 Å². The third-order valence-corrected chi connectivity index (χ3v) is 3.22. The van der Waals surface area contributed by atoms with Gasteiger partial charge in [0.25, 0.3) is 0 Å². The van der Waals surface area contributed by atoms with E-state index >= 15 is 0 Å². The van der Waals surface area contributed by atoms with E-state index in [-0.39, 0.29) is 11.9 Å². The number of nitrogens with one attached hydrogen (secondary N) is 1. The summed E-state index contributed by atoms with van der Waals surface area (Å²) < 4.78 is 0. The van der Waals surface area contributed by atoms with E-state index in [4.69, 9.17) is 0 Å².